The zero-order valence-corrected chi connectivity index (χ0v) is 34.3. The van der Waals surface area contributed by atoms with Gasteiger partial charge in [0.25, 0.3) is 11.7 Å². The number of carbonyl (C=O) groups is 2. The van der Waals surface area contributed by atoms with Gasteiger partial charge in [0.1, 0.15) is 11.4 Å². The van der Waals surface area contributed by atoms with E-state index in [4.69, 9.17) is 14.5 Å². The zero-order chi connectivity index (χ0) is 40.9. The summed E-state index contributed by atoms with van der Waals surface area (Å²) in [5, 5.41) is 40.5. The number of nitrogens with one attached hydrogen (secondary N) is 2. The van der Waals surface area contributed by atoms with E-state index in [1.165, 1.54) is 37.5 Å². The van der Waals surface area contributed by atoms with Gasteiger partial charge in [-0.3, -0.25) is 14.4 Å². The van der Waals surface area contributed by atoms with E-state index in [-0.39, 0.29) is 56.6 Å². The summed E-state index contributed by atoms with van der Waals surface area (Å²) < 4.78 is 13.3. The smallest absolute Gasteiger partial charge is 0.312 e. The molecule has 3 aromatic carbocycles. The van der Waals surface area contributed by atoms with Gasteiger partial charge in [0.05, 0.1) is 49.9 Å². The molecule has 4 aromatic rings. The maximum atomic E-state index is 14.5. The van der Waals surface area contributed by atoms with Crippen molar-refractivity contribution in [2.45, 2.75) is 79.3 Å². The van der Waals surface area contributed by atoms with Crippen molar-refractivity contribution >= 4 is 65.6 Å². The summed E-state index contributed by atoms with van der Waals surface area (Å²) in [6.45, 7) is 15.9. The monoisotopic (exact) mass is 796 g/mol. The summed E-state index contributed by atoms with van der Waals surface area (Å²) in [4.78, 5) is 50.0. The molecular formula is C44H52N4O8S. The van der Waals surface area contributed by atoms with Gasteiger partial charge >= 0.3 is 5.79 Å². The Labute approximate surface area is 335 Å². The molecule has 57 heavy (non-hydrogen) atoms. The number of anilines is 2. The molecule has 0 saturated carbocycles. The van der Waals surface area contributed by atoms with Crippen LogP contribution in [0.25, 0.3) is 31.2 Å². The minimum atomic E-state index is -1.94. The second-order valence-corrected chi connectivity index (χ2v) is 17.3. The van der Waals surface area contributed by atoms with Crippen molar-refractivity contribution in [2.75, 3.05) is 36.4 Å². The maximum absolute atomic E-state index is 14.5. The number of amides is 1. The van der Waals surface area contributed by atoms with Crippen molar-refractivity contribution < 1.29 is 34.4 Å². The lowest BCUT2D eigenvalue weighted by Crippen LogP contribution is -2.43. The van der Waals surface area contributed by atoms with Crippen LogP contribution in [0.1, 0.15) is 70.3 Å². The lowest BCUT2D eigenvalue weighted by Gasteiger charge is -2.29. The standard InChI is InChI=1S/C44H52N4O8S/c1-22-9-8-10-24(3)43(54)47-36-39(52)33-32(35-41(36)57-31-21-28(11-12-29(31)46-35)48-16-14-45-15-17-48)34-40(27(6)38(33)51)56-44(7,42(34)53)55-18-13-30(49)26(5)37(50)25(4)20-23(2)19-22/h8-13,18,21-23,25-26,30,37,45,49-50,52H,14-17,19-20H2,1-7H3,(H,47,54)/b9-8+,18-13+,24-10-/t22-,23+,25+,26+,30-,37-,44-/m0/s1. The number of rotatable bonds is 1. The van der Waals surface area contributed by atoms with E-state index >= 15 is 0 Å². The van der Waals surface area contributed by atoms with Crippen molar-refractivity contribution in [3.63, 3.8) is 0 Å². The summed E-state index contributed by atoms with van der Waals surface area (Å²) in [5.74, 6) is -3.73. The highest BCUT2D eigenvalue weighted by molar-refractivity contribution is 7.25. The highest BCUT2D eigenvalue weighted by Crippen LogP contribution is 2.49. The maximum Gasteiger partial charge on any atom is 0.312 e. The Balaban J connectivity index is 1.44. The quantitative estimate of drug-likeness (QED) is 0.0789. The Kier molecular flexibility index (Phi) is 11.2. The first-order chi connectivity index (χ1) is 27.1. The Morgan fingerprint density at radius 1 is 1.00 bits per heavy atom. The Bertz CT molecular complexity index is 2420. The third-order valence-corrected chi connectivity index (χ3v) is 12.9. The second-order valence-electron chi connectivity index (χ2n) is 16.3. The molecule has 7 atom stereocenters. The van der Waals surface area contributed by atoms with E-state index in [0.29, 0.717) is 15.8 Å². The first-order valence-corrected chi connectivity index (χ1v) is 20.6. The number of aliphatic hydroxyl groups excluding tert-OH is 2. The molecule has 0 spiro atoms. The normalized spacial score (nSPS) is 29.9. The van der Waals surface area contributed by atoms with Crippen LogP contribution in [0.3, 0.4) is 0 Å². The number of Topliss-reactive ketones (excluding diaryl/α,β-unsaturated/α-hetero) is 1. The van der Waals surface area contributed by atoms with Gasteiger partial charge in [0, 0.05) is 61.2 Å². The topological polar surface area (TPSA) is 171 Å². The molecule has 0 radical (unpaired) electrons. The van der Waals surface area contributed by atoms with Crippen LogP contribution < -0.4 is 25.7 Å². The molecule has 1 saturated heterocycles. The van der Waals surface area contributed by atoms with Gasteiger partial charge in [0.2, 0.25) is 0 Å². The number of phenolic OH excluding ortho intramolecular Hbond substituents is 1. The second kappa shape index (κ2) is 15.8. The molecule has 1 fully saturated rings. The van der Waals surface area contributed by atoms with Crippen LogP contribution in [0.5, 0.6) is 11.5 Å². The molecule has 4 aliphatic rings. The number of aliphatic hydroxyl groups is 2. The van der Waals surface area contributed by atoms with E-state index in [1.54, 1.807) is 19.9 Å². The van der Waals surface area contributed by atoms with Crippen molar-refractivity contribution in [1.82, 2.24) is 10.3 Å². The molecule has 0 unspecified atom stereocenters. The first kappa shape index (κ1) is 40.4. The fraction of sp³-hybridized carbons (Fsp3) is 0.455. The lowest BCUT2D eigenvalue weighted by molar-refractivity contribution is -0.112. The van der Waals surface area contributed by atoms with E-state index in [0.717, 1.165) is 49.4 Å². The molecule has 1 amide bonds. The Morgan fingerprint density at radius 2 is 1.74 bits per heavy atom. The molecule has 5 heterocycles. The number of hydrogen-bond acceptors (Lipinski definition) is 12. The molecule has 5 N–H and O–H groups in total. The van der Waals surface area contributed by atoms with Gasteiger partial charge < -0.3 is 40.3 Å². The van der Waals surface area contributed by atoms with Crippen molar-refractivity contribution in [1.29, 1.82) is 0 Å². The number of piperazine rings is 1. The average molecular weight is 797 g/mol. The molecule has 5 bridgehead atoms. The lowest BCUT2D eigenvalue weighted by atomic mass is 9.82. The third kappa shape index (κ3) is 7.53. The number of nitrogens with zero attached hydrogens (tertiary/aromatic N) is 2. The van der Waals surface area contributed by atoms with Crippen molar-refractivity contribution in [3.8, 4) is 11.5 Å². The number of aromatic hydroxyl groups is 1. The fourth-order valence-corrected chi connectivity index (χ4v) is 9.51. The van der Waals surface area contributed by atoms with Gasteiger partial charge in [-0.05, 0) is 68.7 Å². The van der Waals surface area contributed by atoms with Gasteiger partial charge in [-0.25, -0.2) is 4.98 Å². The summed E-state index contributed by atoms with van der Waals surface area (Å²) in [6.07, 6.45) is 7.82. The summed E-state index contributed by atoms with van der Waals surface area (Å²) in [5.41, 5.74) is 1.73. The number of benzene rings is 3. The van der Waals surface area contributed by atoms with Crippen molar-refractivity contribution in [3.05, 3.63) is 75.7 Å². The summed E-state index contributed by atoms with van der Waals surface area (Å²) in [7, 11) is 0. The highest BCUT2D eigenvalue weighted by atomic mass is 32.1. The molecule has 8 rings (SSSR count). The first-order valence-electron chi connectivity index (χ1n) is 19.8. The number of carbonyl (C=O) groups excluding carboxylic acids is 2. The van der Waals surface area contributed by atoms with E-state index in [9.17, 15) is 29.7 Å². The Morgan fingerprint density at radius 3 is 2.47 bits per heavy atom. The molecular weight excluding hydrogens is 745 g/mol. The predicted octanol–water partition coefficient (Wildman–Crippen LogP) is 6.71. The van der Waals surface area contributed by atoms with Crippen LogP contribution in [0, 0.1) is 30.6 Å². The third-order valence-electron chi connectivity index (χ3n) is 11.8. The van der Waals surface area contributed by atoms with Crippen LogP contribution in [0.15, 0.2) is 59.1 Å². The predicted molar refractivity (Wildman–Crippen MR) is 225 cm³/mol. The van der Waals surface area contributed by atoms with E-state index in [2.05, 4.69) is 29.4 Å². The minimum Gasteiger partial charge on any atom is -0.505 e. The zero-order valence-electron chi connectivity index (χ0n) is 33.5. The average Bonchev–Trinajstić information content (AvgIpc) is 3.45. The van der Waals surface area contributed by atoms with Crippen molar-refractivity contribution in [2.24, 2.45) is 23.7 Å². The minimum absolute atomic E-state index is 0.00411. The number of fused-ring (bicyclic) bond motifs is 14. The molecule has 13 heteroatoms. The number of aromatic nitrogens is 1. The highest BCUT2D eigenvalue weighted by Gasteiger charge is 2.49. The van der Waals surface area contributed by atoms with Gasteiger partial charge in [-0.2, -0.15) is 0 Å². The number of ketones is 1. The van der Waals surface area contributed by atoms with Gasteiger partial charge in [-0.1, -0.05) is 45.9 Å². The van der Waals surface area contributed by atoms with Gasteiger partial charge in [0.15, 0.2) is 11.2 Å². The van der Waals surface area contributed by atoms with Crippen LogP contribution in [-0.2, 0) is 9.53 Å². The summed E-state index contributed by atoms with van der Waals surface area (Å²) >= 11 is 1.29. The van der Waals surface area contributed by atoms with Crippen LogP contribution >= 0.6 is 11.3 Å². The van der Waals surface area contributed by atoms with E-state index < -0.39 is 46.8 Å². The largest absolute Gasteiger partial charge is 0.505 e. The van der Waals surface area contributed by atoms with Crippen LogP contribution in [0.2, 0.25) is 0 Å². The molecule has 12 nitrogen and oxygen atoms in total. The number of ether oxygens (including phenoxy) is 2. The van der Waals surface area contributed by atoms with E-state index in [1.807, 2.05) is 37.3 Å². The summed E-state index contributed by atoms with van der Waals surface area (Å²) in [6, 6.07) is 5.91. The molecule has 4 aliphatic heterocycles. The number of phenols is 1. The number of allylic oxidation sites excluding steroid dienone is 3. The van der Waals surface area contributed by atoms with Crippen LogP contribution in [0.4, 0.5) is 11.4 Å². The molecule has 302 valence electrons. The SMILES string of the molecule is C/C1=C/C=C/[C@H](C)C[C@@H](C)C[C@@H](C)[C@H](O)[C@H](C)[C@@H](O)/C=C/O[C@@]2(C)Oc3c(C)c(=O)c4c(O)c(c5sc6cc(N7CCNCC7)ccc6nc5c4c3C2=O)NC1=O. The number of hydrogen-bond donors (Lipinski definition) is 5. The van der Waals surface area contributed by atoms with Gasteiger partial charge in [-0.15, -0.1) is 11.3 Å². The fourth-order valence-electron chi connectivity index (χ4n) is 8.40. The molecule has 1 aromatic heterocycles. The molecule has 0 aliphatic carbocycles. The Hall–Kier alpha value is -4.82. The van der Waals surface area contributed by atoms with Crippen LogP contribution in [-0.4, -0.2) is 76.2 Å².